The molecule has 184 valence electrons. The van der Waals surface area contributed by atoms with Gasteiger partial charge in [0.15, 0.2) is 19.5 Å². The minimum Gasteiger partial charge on any atom is -0.497 e. The Labute approximate surface area is 207 Å². The monoisotopic (exact) mass is 475 g/mol. The van der Waals surface area contributed by atoms with E-state index in [0.29, 0.717) is 25.8 Å². The summed E-state index contributed by atoms with van der Waals surface area (Å²) in [7, 11) is 3.88. The number of nitrogens with zero attached hydrogens (tertiary/aromatic N) is 3. The number of aryl methyl sites for hydroxylation is 1. The average Bonchev–Trinajstić information content (AvgIpc) is 2.88. The highest BCUT2D eigenvalue weighted by Gasteiger charge is 2.23. The van der Waals surface area contributed by atoms with E-state index in [2.05, 4.69) is 36.7 Å². The third-order valence-electron chi connectivity index (χ3n) is 7.38. The summed E-state index contributed by atoms with van der Waals surface area (Å²) >= 11 is 0. The van der Waals surface area contributed by atoms with Gasteiger partial charge in [-0.1, -0.05) is 6.07 Å². The summed E-state index contributed by atoms with van der Waals surface area (Å²) in [5, 5.41) is 1.10. The maximum Gasteiger partial charge on any atom is 0.251 e. The zero-order chi connectivity index (χ0) is 24.4. The Morgan fingerprint density at radius 1 is 1.03 bits per heavy atom. The first kappa shape index (κ1) is 23.8. The van der Waals surface area contributed by atoms with Crippen molar-refractivity contribution in [3.63, 3.8) is 0 Å². The Bertz CT molecular complexity index is 1250. The lowest BCUT2D eigenvalue weighted by atomic mass is 9.99. The maximum absolute atomic E-state index is 12.7. The standard InChI is InChI=1S/C27H34BN3O4/c1-19-15-22(33-2)17-24-23(19)4-6-27(32)30(24)12-11-29-9-7-21(8-10-29)31(28)18-20-3-5-25-26(16-20)35-14-13-34-25/h3-6,15-17,21H,7-14,18,28H2,1-2H3. The van der Waals surface area contributed by atoms with Gasteiger partial charge in [-0.2, -0.15) is 0 Å². The number of hydrogen-bond donors (Lipinski definition) is 0. The van der Waals surface area contributed by atoms with Gasteiger partial charge in [-0.25, -0.2) is 0 Å². The fourth-order valence-electron chi connectivity index (χ4n) is 5.33. The molecule has 0 amide bonds. The first-order chi connectivity index (χ1) is 17.0. The Kier molecular flexibility index (Phi) is 7.02. The minimum absolute atomic E-state index is 0.0409. The molecule has 35 heavy (non-hydrogen) atoms. The van der Waals surface area contributed by atoms with E-state index in [9.17, 15) is 4.79 Å². The predicted octanol–water partition coefficient (Wildman–Crippen LogP) is 2.60. The van der Waals surface area contributed by atoms with Crippen LogP contribution in [0.1, 0.15) is 24.0 Å². The summed E-state index contributed by atoms with van der Waals surface area (Å²) in [6.07, 6.45) is 2.25. The largest absolute Gasteiger partial charge is 0.497 e. The van der Waals surface area contributed by atoms with Crippen molar-refractivity contribution in [2.24, 2.45) is 0 Å². The lowest BCUT2D eigenvalue weighted by Gasteiger charge is -2.37. The molecule has 0 N–H and O–H groups in total. The molecule has 3 heterocycles. The maximum atomic E-state index is 12.7. The highest BCUT2D eigenvalue weighted by atomic mass is 16.6. The number of rotatable bonds is 7. The van der Waals surface area contributed by atoms with Crippen molar-refractivity contribution in [1.29, 1.82) is 0 Å². The van der Waals surface area contributed by atoms with Crippen LogP contribution in [0.2, 0.25) is 0 Å². The van der Waals surface area contributed by atoms with Crippen molar-refractivity contribution in [1.82, 2.24) is 14.3 Å². The molecule has 0 bridgehead atoms. The quantitative estimate of drug-likeness (QED) is 0.490. The first-order valence-corrected chi connectivity index (χ1v) is 12.5. The van der Waals surface area contributed by atoms with Gasteiger partial charge in [0.1, 0.15) is 19.0 Å². The van der Waals surface area contributed by atoms with E-state index in [1.165, 1.54) is 5.56 Å². The van der Waals surface area contributed by atoms with Gasteiger partial charge in [0.2, 0.25) is 0 Å². The van der Waals surface area contributed by atoms with Gasteiger partial charge in [-0.05, 0) is 68.2 Å². The van der Waals surface area contributed by atoms with Gasteiger partial charge in [0.05, 0.1) is 12.6 Å². The number of pyridine rings is 1. The molecule has 1 aromatic heterocycles. The lowest BCUT2D eigenvalue weighted by molar-refractivity contribution is 0.153. The molecule has 1 saturated heterocycles. The second-order valence-electron chi connectivity index (χ2n) is 9.67. The van der Waals surface area contributed by atoms with Crippen LogP contribution in [-0.4, -0.2) is 68.3 Å². The average molecular weight is 475 g/mol. The summed E-state index contributed by atoms with van der Waals surface area (Å²) in [4.78, 5) is 17.6. The number of likely N-dealkylation sites (tertiary alicyclic amines) is 1. The number of hydrogen-bond acceptors (Lipinski definition) is 6. The molecule has 0 spiro atoms. The van der Waals surface area contributed by atoms with Crippen LogP contribution >= 0.6 is 0 Å². The van der Waals surface area contributed by atoms with Crippen molar-refractivity contribution in [3.8, 4) is 17.2 Å². The van der Waals surface area contributed by atoms with E-state index in [1.807, 2.05) is 28.8 Å². The van der Waals surface area contributed by atoms with Crippen LogP contribution < -0.4 is 19.8 Å². The van der Waals surface area contributed by atoms with Gasteiger partial charge in [-0.3, -0.25) is 4.79 Å². The molecular weight excluding hydrogens is 441 g/mol. The van der Waals surface area contributed by atoms with Crippen molar-refractivity contribution in [2.45, 2.75) is 38.9 Å². The number of piperidine rings is 1. The van der Waals surface area contributed by atoms with Crippen LogP contribution in [0, 0.1) is 6.92 Å². The number of ether oxygens (including phenoxy) is 3. The summed E-state index contributed by atoms with van der Waals surface area (Å²) in [6, 6.07) is 14.4. The highest BCUT2D eigenvalue weighted by molar-refractivity contribution is 6.04. The van der Waals surface area contributed by atoms with Crippen molar-refractivity contribution < 1.29 is 14.2 Å². The SMILES string of the molecule is BN(Cc1ccc2c(c1)OCCO2)C1CCN(CCn2c(=O)ccc3c(C)cc(OC)cc32)CC1. The zero-order valence-electron chi connectivity index (χ0n) is 21.0. The third-order valence-corrected chi connectivity index (χ3v) is 7.38. The fraction of sp³-hybridized carbons (Fsp3) is 0.444. The highest BCUT2D eigenvalue weighted by Crippen LogP contribution is 2.31. The van der Waals surface area contributed by atoms with Gasteiger partial charge in [-0.15, -0.1) is 0 Å². The third kappa shape index (κ3) is 5.18. The van der Waals surface area contributed by atoms with E-state index < -0.39 is 0 Å². The molecule has 8 heteroatoms. The topological polar surface area (TPSA) is 56.2 Å². The Morgan fingerprint density at radius 2 is 1.80 bits per heavy atom. The van der Waals surface area contributed by atoms with E-state index >= 15 is 0 Å². The number of methoxy groups -OCH3 is 1. The first-order valence-electron chi connectivity index (χ1n) is 12.5. The molecular formula is C27H34BN3O4. The zero-order valence-corrected chi connectivity index (χ0v) is 21.0. The molecule has 0 unspecified atom stereocenters. The molecule has 0 saturated carbocycles. The van der Waals surface area contributed by atoms with Crippen molar-refractivity contribution in [2.75, 3.05) is 40.0 Å². The van der Waals surface area contributed by atoms with Crippen LogP contribution in [-0.2, 0) is 13.1 Å². The fourth-order valence-corrected chi connectivity index (χ4v) is 5.33. The van der Waals surface area contributed by atoms with Crippen LogP contribution in [0.25, 0.3) is 10.9 Å². The Balaban J connectivity index is 1.18. The van der Waals surface area contributed by atoms with E-state index in [4.69, 9.17) is 14.2 Å². The summed E-state index contributed by atoms with van der Waals surface area (Å²) in [5.41, 5.74) is 3.36. The van der Waals surface area contributed by atoms with E-state index in [1.54, 1.807) is 13.2 Å². The molecule has 7 nitrogen and oxygen atoms in total. The Morgan fingerprint density at radius 3 is 2.57 bits per heavy atom. The van der Waals surface area contributed by atoms with E-state index in [0.717, 1.165) is 72.7 Å². The second-order valence-corrected chi connectivity index (χ2v) is 9.67. The van der Waals surface area contributed by atoms with Gasteiger partial charge < -0.3 is 28.5 Å². The van der Waals surface area contributed by atoms with Crippen LogP contribution in [0.3, 0.4) is 0 Å². The number of fused-ring (bicyclic) bond motifs is 2. The summed E-state index contributed by atoms with van der Waals surface area (Å²) < 4.78 is 18.7. The minimum atomic E-state index is 0.0409. The van der Waals surface area contributed by atoms with Gasteiger partial charge in [0.25, 0.3) is 5.56 Å². The molecule has 0 aliphatic carbocycles. The predicted molar refractivity (Wildman–Crippen MR) is 140 cm³/mol. The Hall–Kier alpha value is -2.97. The molecule has 5 rings (SSSR count). The van der Waals surface area contributed by atoms with E-state index in [-0.39, 0.29) is 5.56 Å². The molecule has 2 aliphatic rings. The van der Waals surface area contributed by atoms with Crippen LogP contribution in [0.15, 0.2) is 47.3 Å². The molecule has 2 aromatic carbocycles. The normalized spacial score (nSPS) is 16.7. The summed E-state index contributed by atoms with van der Waals surface area (Å²) in [5.74, 6) is 2.49. The molecule has 2 aliphatic heterocycles. The van der Waals surface area contributed by atoms with Crippen molar-refractivity contribution in [3.05, 3.63) is 63.9 Å². The molecule has 3 aromatic rings. The van der Waals surface area contributed by atoms with Gasteiger partial charge >= 0.3 is 0 Å². The molecule has 0 atom stereocenters. The van der Waals surface area contributed by atoms with Crippen LogP contribution in [0.5, 0.6) is 17.2 Å². The second kappa shape index (κ2) is 10.3. The van der Waals surface area contributed by atoms with Crippen LogP contribution in [0.4, 0.5) is 0 Å². The number of benzene rings is 2. The molecule has 1 fully saturated rings. The lowest BCUT2D eigenvalue weighted by Crippen LogP contribution is -2.44. The number of aromatic nitrogens is 1. The van der Waals surface area contributed by atoms with Gasteiger partial charge in [0, 0.05) is 43.2 Å². The van der Waals surface area contributed by atoms with Crippen molar-refractivity contribution >= 4 is 18.9 Å². The smallest absolute Gasteiger partial charge is 0.251 e. The molecule has 0 radical (unpaired) electrons. The summed E-state index contributed by atoms with van der Waals surface area (Å²) in [6.45, 7) is 7.82.